The molecule has 2 rings (SSSR count). The van der Waals surface area contributed by atoms with Crippen LogP contribution in [0.3, 0.4) is 0 Å². The van der Waals surface area contributed by atoms with E-state index >= 15 is 0 Å². The van der Waals surface area contributed by atoms with E-state index in [4.69, 9.17) is 29.0 Å². The van der Waals surface area contributed by atoms with Gasteiger partial charge in [0.1, 0.15) is 4.91 Å². The summed E-state index contributed by atoms with van der Waals surface area (Å²) in [6.07, 6.45) is -9.84. The van der Waals surface area contributed by atoms with Crippen LogP contribution in [-0.4, -0.2) is 44.6 Å². The van der Waals surface area contributed by atoms with E-state index in [1.165, 1.54) is 6.92 Å². The maximum absolute atomic E-state index is 13.7. The second-order valence-electron chi connectivity index (χ2n) is 6.13. The average molecular weight is 516 g/mol. The number of ether oxygens (including phenoxy) is 1. The van der Waals surface area contributed by atoms with Crippen LogP contribution in [0.5, 0.6) is 0 Å². The molecular formula is C15H13Cl2F6N3O4S. The highest BCUT2D eigenvalue weighted by molar-refractivity contribution is 7.94. The van der Waals surface area contributed by atoms with Gasteiger partial charge in [-0.3, -0.25) is 0 Å². The normalized spacial score (nSPS) is 18.7. The number of alkyl halides is 6. The minimum atomic E-state index is -5.33. The van der Waals surface area contributed by atoms with Crippen molar-refractivity contribution in [3.63, 3.8) is 0 Å². The highest BCUT2D eigenvalue weighted by Gasteiger charge is 2.58. The first-order valence-electron chi connectivity index (χ1n) is 8.01. The van der Waals surface area contributed by atoms with Crippen molar-refractivity contribution in [2.24, 2.45) is 5.84 Å². The Labute approximate surface area is 181 Å². The third-order valence-electron chi connectivity index (χ3n) is 3.92. The lowest BCUT2D eigenvalue weighted by molar-refractivity contribution is -0.169. The fourth-order valence-corrected chi connectivity index (χ4v) is 4.62. The molecule has 0 fully saturated rings. The molecule has 1 aromatic carbocycles. The SMILES string of the molecule is CCOC(=O)C1=C(S(C)(=O)=O)C(C(F)(F)F)N(N)N1c1c(Cl)cc(C(F)(F)F)cc1Cl. The Morgan fingerprint density at radius 3 is 2.00 bits per heavy atom. The molecule has 1 unspecified atom stereocenters. The van der Waals surface area contributed by atoms with Crippen LogP contribution in [-0.2, 0) is 25.5 Å². The number of hydrazine groups is 2. The summed E-state index contributed by atoms with van der Waals surface area (Å²) in [7, 11) is -4.75. The number of sulfone groups is 1. The number of hydrogen-bond donors (Lipinski definition) is 1. The summed E-state index contributed by atoms with van der Waals surface area (Å²) < 4.78 is 109. The summed E-state index contributed by atoms with van der Waals surface area (Å²) >= 11 is 11.7. The number of benzene rings is 1. The van der Waals surface area contributed by atoms with Crippen molar-refractivity contribution >= 4 is 44.7 Å². The first-order valence-corrected chi connectivity index (χ1v) is 10.7. The Morgan fingerprint density at radius 2 is 1.65 bits per heavy atom. The molecule has 1 heterocycles. The fourth-order valence-electron chi connectivity index (χ4n) is 2.81. The van der Waals surface area contributed by atoms with Gasteiger partial charge < -0.3 is 4.74 Å². The molecule has 0 spiro atoms. The molecule has 0 aromatic heterocycles. The van der Waals surface area contributed by atoms with Crippen LogP contribution in [0, 0.1) is 0 Å². The van der Waals surface area contributed by atoms with Crippen molar-refractivity contribution in [3.8, 4) is 0 Å². The number of esters is 1. The Morgan fingerprint density at radius 1 is 1.16 bits per heavy atom. The van der Waals surface area contributed by atoms with E-state index in [2.05, 4.69) is 4.74 Å². The zero-order chi connectivity index (χ0) is 24.1. The summed E-state index contributed by atoms with van der Waals surface area (Å²) in [5, 5.41) is -1.74. The molecule has 174 valence electrons. The van der Waals surface area contributed by atoms with Crippen LogP contribution in [0.25, 0.3) is 0 Å². The van der Waals surface area contributed by atoms with Crippen molar-refractivity contribution in [3.05, 3.63) is 38.3 Å². The van der Waals surface area contributed by atoms with E-state index in [9.17, 15) is 39.6 Å². The second kappa shape index (κ2) is 8.31. The van der Waals surface area contributed by atoms with Gasteiger partial charge in [0.2, 0.25) is 0 Å². The molecule has 1 aromatic rings. The van der Waals surface area contributed by atoms with Crippen molar-refractivity contribution in [2.75, 3.05) is 17.9 Å². The lowest BCUT2D eigenvalue weighted by Crippen LogP contribution is -2.54. The minimum absolute atomic E-state index is 0.178. The van der Waals surface area contributed by atoms with Gasteiger partial charge in [-0.05, 0) is 19.1 Å². The van der Waals surface area contributed by atoms with Crippen molar-refractivity contribution in [1.82, 2.24) is 5.12 Å². The van der Waals surface area contributed by atoms with Gasteiger partial charge in [-0.2, -0.15) is 26.3 Å². The van der Waals surface area contributed by atoms with Gasteiger partial charge in [0.15, 0.2) is 21.6 Å². The van der Waals surface area contributed by atoms with Crippen LogP contribution >= 0.6 is 23.2 Å². The zero-order valence-corrected chi connectivity index (χ0v) is 17.8. The van der Waals surface area contributed by atoms with Crippen molar-refractivity contribution < 1.29 is 44.3 Å². The van der Waals surface area contributed by atoms with Crippen LogP contribution in [0.1, 0.15) is 12.5 Å². The van der Waals surface area contributed by atoms with E-state index in [0.717, 1.165) is 0 Å². The lowest BCUT2D eigenvalue weighted by Gasteiger charge is -2.32. The monoisotopic (exact) mass is 515 g/mol. The highest BCUT2D eigenvalue weighted by Crippen LogP contribution is 2.47. The quantitative estimate of drug-likeness (QED) is 0.371. The largest absolute Gasteiger partial charge is 0.461 e. The molecule has 31 heavy (non-hydrogen) atoms. The van der Waals surface area contributed by atoms with E-state index in [1.54, 1.807) is 0 Å². The third kappa shape index (κ3) is 4.87. The molecule has 0 aliphatic carbocycles. The summed E-state index contributed by atoms with van der Waals surface area (Å²) in [4.78, 5) is 11.0. The van der Waals surface area contributed by atoms with Crippen LogP contribution in [0.2, 0.25) is 10.0 Å². The molecule has 7 nitrogen and oxygen atoms in total. The molecule has 0 saturated carbocycles. The van der Waals surface area contributed by atoms with Crippen molar-refractivity contribution in [2.45, 2.75) is 25.3 Å². The van der Waals surface area contributed by atoms with E-state index in [0.29, 0.717) is 18.4 Å². The standard InChI is InChI=1S/C15H13Cl2F6N3O4S/c1-3-30-13(27)10-11(31(2,28)29)12(15(21,22)23)26(24)25(10)9-7(16)4-6(5-8(9)17)14(18,19)20/h4-5,12H,3,24H2,1-2H3. The van der Waals surface area contributed by atoms with Crippen molar-refractivity contribution in [1.29, 1.82) is 0 Å². The van der Waals surface area contributed by atoms with Crippen LogP contribution < -0.4 is 10.9 Å². The summed E-state index contributed by atoms with van der Waals surface area (Å²) in [5.41, 5.74) is -3.33. The zero-order valence-electron chi connectivity index (χ0n) is 15.5. The molecule has 1 atom stereocenters. The molecule has 0 saturated heterocycles. The molecule has 0 amide bonds. The topological polar surface area (TPSA) is 92.9 Å². The number of hydrogen-bond acceptors (Lipinski definition) is 7. The number of nitrogens with zero attached hydrogens (tertiary/aromatic N) is 2. The van der Waals surface area contributed by atoms with Crippen LogP contribution in [0.15, 0.2) is 22.7 Å². The van der Waals surface area contributed by atoms with Gasteiger partial charge in [0.25, 0.3) is 0 Å². The summed E-state index contributed by atoms with van der Waals surface area (Å²) in [6, 6.07) is -2.41. The van der Waals surface area contributed by atoms with E-state index < -0.39 is 66.1 Å². The Kier molecular flexibility index (Phi) is 6.84. The average Bonchev–Trinajstić information content (AvgIpc) is 2.87. The number of halogens is 8. The first-order chi connectivity index (χ1) is 13.9. The van der Waals surface area contributed by atoms with Gasteiger partial charge in [-0.15, -0.1) is 5.12 Å². The maximum atomic E-state index is 13.7. The highest BCUT2D eigenvalue weighted by atomic mass is 35.5. The number of nitrogens with two attached hydrogens (primary N) is 1. The van der Waals surface area contributed by atoms with E-state index in [1.807, 2.05) is 0 Å². The van der Waals surface area contributed by atoms with Gasteiger partial charge in [0, 0.05) is 6.26 Å². The number of rotatable bonds is 4. The first kappa shape index (κ1) is 25.5. The lowest BCUT2D eigenvalue weighted by atomic mass is 10.2. The maximum Gasteiger partial charge on any atom is 0.416 e. The molecule has 16 heteroatoms. The van der Waals surface area contributed by atoms with Gasteiger partial charge in [-0.25, -0.2) is 24.1 Å². The van der Waals surface area contributed by atoms with Crippen LogP contribution in [0.4, 0.5) is 32.0 Å². The Hall–Kier alpha value is -1.74. The third-order valence-corrected chi connectivity index (χ3v) is 5.72. The molecule has 2 N–H and O–H groups in total. The van der Waals surface area contributed by atoms with E-state index in [-0.39, 0.29) is 16.7 Å². The molecule has 1 aliphatic heterocycles. The van der Waals surface area contributed by atoms with Gasteiger partial charge >= 0.3 is 18.3 Å². The second-order valence-corrected chi connectivity index (χ2v) is 8.93. The molecular weight excluding hydrogens is 503 g/mol. The number of carbonyl (C=O) groups is 1. The van der Waals surface area contributed by atoms with Gasteiger partial charge in [-0.1, -0.05) is 23.2 Å². The predicted octanol–water partition coefficient (Wildman–Crippen LogP) is 3.67. The minimum Gasteiger partial charge on any atom is -0.461 e. The summed E-state index contributed by atoms with van der Waals surface area (Å²) in [6.45, 7) is 0.917. The number of anilines is 1. The molecule has 0 radical (unpaired) electrons. The number of carbonyl (C=O) groups excluding carboxylic acids is 1. The summed E-state index contributed by atoms with van der Waals surface area (Å²) in [5.74, 6) is 3.96. The molecule has 0 bridgehead atoms. The smallest absolute Gasteiger partial charge is 0.416 e. The molecule has 1 aliphatic rings. The van der Waals surface area contributed by atoms with Gasteiger partial charge in [0.05, 0.1) is 27.9 Å². The Balaban J connectivity index is 2.91. The predicted molar refractivity (Wildman–Crippen MR) is 98.3 cm³/mol. The fraction of sp³-hybridized carbons (Fsp3) is 0.400. The Bertz CT molecular complexity index is 1020.